The van der Waals surface area contributed by atoms with Crippen LogP contribution in [0.1, 0.15) is 17.0 Å². The van der Waals surface area contributed by atoms with Crippen molar-refractivity contribution in [2.24, 2.45) is 0 Å². The van der Waals surface area contributed by atoms with Gasteiger partial charge < -0.3 is 4.90 Å². The van der Waals surface area contributed by atoms with Crippen LogP contribution in [0.4, 0.5) is 0 Å². The summed E-state index contributed by atoms with van der Waals surface area (Å²) in [5.74, 6) is 0.870. The lowest BCUT2D eigenvalue weighted by Crippen LogP contribution is -2.27. The molecule has 0 N–H and O–H groups in total. The normalized spacial score (nSPS) is 11.0. The van der Waals surface area contributed by atoms with Crippen molar-refractivity contribution in [3.63, 3.8) is 0 Å². The van der Waals surface area contributed by atoms with Crippen LogP contribution in [-0.2, 0) is 11.3 Å². The Morgan fingerprint density at radius 1 is 1.24 bits per heavy atom. The van der Waals surface area contributed by atoms with Crippen LogP contribution in [0.3, 0.4) is 0 Å². The van der Waals surface area contributed by atoms with E-state index in [4.69, 9.17) is 11.6 Å². The number of aromatic nitrogens is 4. The molecule has 0 aliphatic carbocycles. The molecule has 0 saturated heterocycles. The minimum Gasteiger partial charge on any atom is -0.341 e. The van der Waals surface area contributed by atoms with Gasteiger partial charge in [0.1, 0.15) is 0 Å². The monoisotopic (exact) mass is 375 g/mol. The SMILES string of the molecule is Cc1cc(C)n2c(SCC(=O)N(C)Cc3ccc(Cl)cc3)nnc2n1. The van der Waals surface area contributed by atoms with Crippen molar-refractivity contribution >= 4 is 35.0 Å². The predicted octanol–water partition coefficient (Wildman–Crippen LogP) is 3.15. The Morgan fingerprint density at radius 2 is 1.96 bits per heavy atom. The number of nitrogens with zero attached hydrogens (tertiary/aromatic N) is 5. The fourth-order valence-electron chi connectivity index (χ4n) is 2.48. The maximum Gasteiger partial charge on any atom is 0.256 e. The maximum absolute atomic E-state index is 12.4. The second-order valence-electron chi connectivity index (χ2n) is 5.82. The maximum atomic E-state index is 12.4. The molecule has 2 heterocycles. The molecule has 0 bridgehead atoms. The van der Waals surface area contributed by atoms with Gasteiger partial charge in [0.15, 0.2) is 5.16 Å². The van der Waals surface area contributed by atoms with Gasteiger partial charge in [0, 0.05) is 30.0 Å². The van der Waals surface area contributed by atoms with Crippen LogP contribution in [0.2, 0.25) is 5.02 Å². The van der Waals surface area contributed by atoms with E-state index >= 15 is 0 Å². The number of hydrogen-bond donors (Lipinski definition) is 0. The van der Waals surface area contributed by atoms with Gasteiger partial charge in [-0.15, -0.1) is 10.2 Å². The lowest BCUT2D eigenvalue weighted by Gasteiger charge is -2.17. The molecule has 0 aliphatic rings. The van der Waals surface area contributed by atoms with Crippen molar-refractivity contribution in [1.29, 1.82) is 0 Å². The summed E-state index contributed by atoms with van der Waals surface area (Å²) in [6, 6.07) is 9.45. The molecule has 0 unspecified atom stereocenters. The smallest absolute Gasteiger partial charge is 0.256 e. The van der Waals surface area contributed by atoms with Crippen LogP contribution in [0.15, 0.2) is 35.5 Å². The van der Waals surface area contributed by atoms with Crippen molar-refractivity contribution in [2.45, 2.75) is 25.5 Å². The Morgan fingerprint density at radius 3 is 2.68 bits per heavy atom. The van der Waals surface area contributed by atoms with Gasteiger partial charge in [-0.3, -0.25) is 9.20 Å². The summed E-state index contributed by atoms with van der Waals surface area (Å²) in [4.78, 5) is 18.4. The zero-order chi connectivity index (χ0) is 18.0. The van der Waals surface area contributed by atoms with E-state index in [1.165, 1.54) is 11.8 Å². The number of carbonyl (C=O) groups excluding carboxylic acids is 1. The second-order valence-corrected chi connectivity index (χ2v) is 7.20. The summed E-state index contributed by atoms with van der Waals surface area (Å²) in [7, 11) is 1.79. The van der Waals surface area contributed by atoms with Gasteiger partial charge in [-0.05, 0) is 37.6 Å². The molecular formula is C17H18ClN5OS. The van der Waals surface area contributed by atoms with Crippen LogP contribution >= 0.6 is 23.4 Å². The van der Waals surface area contributed by atoms with Crippen LogP contribution < -0.4 is 0 Å². The molecule has 0 saturated carbocycles. The third kappa shape index (κ3) is 4.11. The minimum absolute atomic E-state index is 0.0226. The first-order valence-corrected chi connectivity index (χ1v) is 9.11. The lowest BCUT2D eigenvalue weighted by atomic mass is 10.2. The molecular weight excluding hydrogens is 358 g/mol. The van der Waals surface area contributed by atoms with Crippen molar-refractivity contribution < 1.29 is 4.79 Å². The van der Waals surface area contributed by atoms with Gasteiger partial charge in [-0.2, -0.15) is 0 Å². The van der Waals surface area contributed by atoms with Crippen LogP contribution in [0, 0.1) is 13.8 Å². The fourth-order valence-corrected chi connectivity index (χ4v) is 3.53. The molecule has 0 atom stereocenters. The van der Waals surface area contributed by atoms with Gasteiger partial charge in [0.05, 0.1) is 5.75 Å². The highest BCUT2D eigenvalue weighted by atomic mass is 35.5. The topological polar surface area (TPSA) is 63.4 Å². The van der Waals surface area contributed by atoms with Gasteiger partial charge >= 0.3 is 0 Å². The number of carbonyl (C=O) groups is 1. The quantitative estimate of drug-likeness (QED) is 0.641. The number of hydrogen-bond acceptors (Lipinski definition) is 5. The highest BCUT2D eigenvalue weighted by molar-refractivity contribution is 7.99. The van der Waals surface area contributed by atoms with Crippen molar-refractivity contribution in [3.05, 3.63) is 52.3 Å². The molecule has 1 aromatic carbocycles. The number of fused-ring (bicyclic) bond motifs is 1. The van der Waals surface area contributed by atoms with E-state index in [-0.39, 0.29) is 11.7 Å². The number of amides is 1. The number of benzene rings is 1. The van der Waals surface area contributed by atoms with E-state index in [9.17, 15) is 4.79 Å². The number of rotatable bonds is 5. The predicted molar refractivity (Wildman–Crippen MR) is 98.9 cm³/mol. The Balaban J connectivity index is 1.65. The van der Waals surface area contributed by atoms with E-state index in [1.807, 2.05) is 48.6 Å². The molecule has 0 radical (unpaired) electrons. The Labute approximate surface area is 155 Å². The third-order valence-electron chi connectivity index (χ3n) is 3.75. The Bertz CT molecular complexity index is 909. The van der Waals surface area contributed by atoms with Crippen molar-refractivity contribution in [1.82, 2.24) is 24.5 Å². The first kappa shape index (κ1) is 17.7. The van der Waals surface area contributed by atoms with E-state index in [1.54, 1.807) is 11.9 Å². The Hall–Kier alpha value is -2.12. The average molecular weight is 376 g/mol. The van der Waals surface area contributed by atoms with Crippen LogP contribution in [-0.4, -0.2) is 43.2 Å². The number of halogens is 1. The van der Waals surface area contributed by atoms with E-state index < -0.39 is 0 Å². The number of aryl methyl sites for hydroxylation is 2. The highest BCUT2D eigenvalue weighted by Crippen LogP contribution is 2.19. The Kier molecular flexibility index (Phi) is 5.24. The molecule has 130 valence electrons. The van der Waals surface area contributed by atoms with Crippen molar-refractivity contribution in [3.8, 4) is 0 Å². The molecule has 25 heavy (non-hydrogen) atoms. The van der Waals surface area contributed by atoms with E-state index in [0.29, 0.717) is 22.5 Å². The molecule has 0 spiro atoms. The summed E-state index contributed by atoms with van der Waals surface area (Å²) >= 11 is 7.25. The second kappa shape index (κ2) is 7.41. The zero-order valence-electron chi connectivity index (χ0n) is 14.2. The lowest BCUT2D eigenvalue weighted by molar-refractivity contribution is -0.127. The first-order chi connectivity index (χ1) is 11.9. The molecule has 3 rings (SSSR count). The summed E-state index contributed by atoms with van der Waals surface area (Å²) in [6.45, 7) is 4.43. The van der Waals surface area contributed by atoms with Gasteiger partial charge in [-0.1, -0.05) is 35.5 Å². The van der Waals surface area contributed by atoms with Crippen LogP contribution in [0.5, 0.6) is 0 Å². The highest BCUT2D eigenvalue weighted by Gasteiger charge is 2.14. The van der Waals surface area contributed by atoms with E-state index in [0.717, 1.165) is 17.0 Å². The summed E-state index contributed by atoms with van der Waals surface area (Å²) in [5.41, 5.74) is 2.93. The average Bonchev–Trinajstić information content (AvgIpc) is 2.97. The molecule has 3 aromatic rings. The largest absolute Gasteiger partial charge is 0.341 e. The molecule has 0 aliphatic heterocycles. The summed E-state index contributed by atoms with van der Waals surface area (Å²) in [5, 5.41) is 9.59. The molecule has 6 nitrogen and oxygen atoms in total. The first-order valence-electron chi connectivity index (χ1n) is 7.74. The van der Waals surface area contributed by atoms with Gasteiger partial charge in [0.2, 0.25) is 5.91 Å². The summed E-state index contributed by atoms with van der Waals surface area (Å²) in [6.07, 6.45) is 0. The molecule has 8 heteroatoms. The van der Waals surface area contributed by atoms with E-state index in [2.05, 4.69) is 15.2 Å². The summed E-state index contributed by atoms with van der Waals surface area (Å²) < 4.78 is 1.87. The van der Waals surface area contributed by atoms with Gasteiger partial charge in [0.25, 0.3) is 5.78 Å². The molecule has 0 fully saturated rings. The standard InChI is InChI=1S/C17H18ClN5OS/c1-11-8-12(2)23-16(19-11)20-21-17(23)25-10-15(24)22(3)9-13-4-6-14(18)7-5-13/h4-8H,9-10H2,1-3H3. The third-order valence-corrected chi connectivity index (χ3v) is 4.91. The molecule has 2 aromatic heterocycles. The van der Waals surface area contributed by atoms with Crippen molar-refractivity contribution in [2.75, 3.05) is 12.8 Å². The van der Waals surface area contributed by atoms with Gasteiger partial charge in [-0.25, -0.2) is 4.98 Å². The molecule has 1 amide bonds. The fraction of sp³-hybridized carbons (Fsp3) is 0.294. The number of thioether (sulfide) groups is 1. The minimum atomic E-state index is 0.0226. The van der Waals surface area contributed by atoms with Crippen LogP contribution in [0.25, 0.3) is 5.78 Å². The zero-order valence-corrected chi connectivity index (χ0v) is 15.8.